The summed E-state index contributed by atoms with van der Waals surface area (Å²) in [7, 11) is 1.60. The molecular formula is C80H160N2O6P+. The van der Waals surface area contributed by atoms with E-state index in [1.54, 1.807) is 6.08 Å². The predicted octanol–water partition coefficient (Wildman–Crippen LogP) is 26.2. The number of rotatable bonds is 76. The average molecular weight is 1280 g/mol. The van der Waals surface area contributed by atoms with Crippen LogP contribution in [0.1, 0.15) is 431 Å². The molecule has 0 aromatic heterocycles. The summed E-state index contributed by atoms with van der Waals surface area (Å²) < 4.78 is 23.9. The molecule has 3 unspecified atom stereocenters. The fraction of sp³-hybridized carbons (Fsp3) is 0.938. The van der Waals surface area contributed by atoms with Crippen molar-refractivity contribution in [2.45, 2.75) is 443 Å². The van der Waals surface area contributed by atoms with Crippen LogP contribution in [0.25, 0.3) is 0 Å². The maximum atomic E-state index is 13.1. The number of nitrogens with one attached hydrogen (secondary N) is 1. The zero-order valence-electron chi connectivity index (χ0n) is 61.0. The highest BCUT2D eigenvalue weighted by Gasteiger charge is 2.28. The number of quaternary nitrogens is 1. The van der Waals surface area contributed by atoms with Crippen LogP contribution in [0.4, 0.5) is 0 Å². The Labute approximate surface area is 557 Å². The molecule has 0 heterocycles. The molecule has 0 fully saturated rings. The van der Waals surface area contributed by atoms with Crippen molar-refractivity contribution in [3.8, 4) is 0 Å². The van der Waals surface area contributed by atoms with Crippen LogP contribution in [-0.4, -0.2) is 73.4 Å². The number of carbonyl (C=O) groups excluding carboxylic acids is 1. The third kappa shape index (κ3) is 74.2. The molecule has 3 atom stereocenters. The first-order valence-electron chi connectivity index (χ1n) is 40.2. The smallest absolute Gasteiger partial charge is 0.387 e. The van der Waals surface area contributed by atoms with E-state index in [0.29, 0.717) is 17.4 Å². The Bertz CT molecular complexity index is 1500. The normalized spacial score (nSPS) is 13.6. The zero-order chi connectivity index (χ0) is 64.8. The summed E-state index contributed by atoms with van der Waals surface area (Å²) in [4.78, 5) is 23.5. The van der Waals surface area contributed by atoms with Crippen LogP contribution in [0.2, 0.25) is 0 Å². The summed E-state index contributed by atoms with van der Waals surface area (Å²) >= 11 is 0. The Morgan fingerprint density at radius 2 is 0.607 bits per heavy atom. The fourth-order valence-corrected chi connectivity index (χ4v) is 13.4. The number of hydrogen-bond donors (Lipinski definition) is 3. The Kier molecular flexibility index (Phi) is 70.5. The van der Waals surface area contributed by atoms with Crippen molar-refractivity contribution in [2.24, 2.45) is 0 Å². The number of allylic oxidation sites excluding steroid dienone is 3. The van der Waals surface area contributed by atoms with E-state index in [1.165, 1.54) is 379 Å². The van der Waals surface area contributed by atoms with E-state index in [-0.39, 0.29) is 19.1 Å². The first-order chi connectivity index (χ1) is 43.5. The molecule has 530 valence electrons. The topological polar surface area (TPSA) is 105 Å². The largest absolute Gasteiger partial charge is 0.472 e. The van der Waals surface area contributed by atoms with Gasteiger partial charge in [-0.3, -0.25) is 13.8 Å². The highest BCUT2D eigenvalue weighted by molar-refractivity contribution is 7.47. The number of aliphatic hydroxyl groups is 1. The lowest BCUT2D eigenvalue weighted by molar-refractivity contribution is -0.870. The number of nitrogens with zero attached hydrogens (tertiary/aromatic N) is 1. The molecule has 89 heavy (non-hydrogen) atoms. The summed E-state index contributed by atoms with van der Waals surface area (Å²) in [5.41, 5.74) is 0. The maximum absolute atomic E-state index is 13.1. The van der Waals surface area contributed by atoms with E-state index < -0.39 is 20.0 Å². The molecule has 0 saturated carbocycles. The van der Waals surface area contributed by atoms with Gasteiger partial charge < -0.3 is 19.8 Å². The van der Waals surface area contributed by atoms with Gasteiger partial charge in [-0.25, -0.2) is 4.57 Å². The van der Waals surface area contributed by atoms with E-state index in [2.05, 4.69) is 31.3 Å². The predicted molar refractivity (Wildman–Crippen MR) is 392 cm³/mol. The minimum atomic E-state index is -4.35. The van der Waals surface area contributed by atoms with Gasteiger partial charge in [0.1, 0.15) is 13.2 Å². The van der Waals surface area contributed by atoms with Gasteiger partial charge in [0, 0.05) is 6.42 Å². The average Bonchev–Trinajstić information content (AvgIpc) is 3.61. The lowest BCUT2D eigenvalue weighted by Crippen LogP contribution is -2.45. The Morgan fingerprint density at radius 3 is 0.865 bits per heavy atom. The lowest BCUT2D eigenvalue weighted by atomic mass is 10.0. The van der Waals surface area contributed by atoms with E-state index in [4.69, 9.17) is 9.05 Å². The molecule has 0 aliphatic heterocycles. The molecule has 9 heteroatoms. The van der Waals surface area contributed by atoms with Crippen molar-refractivity contribution < 1.29 is 32.9 Å². The molecule has 0 aromatic carbocycles. The molecule has 1 amide bonds. The van der Waals surface area contributed by atoms with Crippen LogP contribution in [-0.2, 0) is 18.4 Å². The molecular weight excluding hydrogens is 1120 g/mol. The lowest BCUT2D eigenvalue weighted by Gasteiger charge is -2.25. The molecule has 0 bridgehead atoms. The highest BCUT2D eigenvalue weighted by atomic mass is 31.2. The van der Waals surface area contributed by atoms with Gasteiger partial charge in [0.2, 0.25) is 5.91 Å². The Balaban J connectivity index is 3.89. The van der Waals surface area contributed by atoms with Crippen LogP contribution in [0.3, 0.4) is 0 Å². The zero-order valence-corrected chi connectivity index (χ0v) is 61.9. The standard InChI is InChI=1S/C80H159N2O6P/c1-6-8-10-12-14-16-18-20-22-24-26-28-30-32-34-35-36-37-38-39-40-41-42-43-44-45-46-47-48-50-52-54-56-58-60-62-64-66-68-70-72-74-80(84)81-78(77-88-89(85,86)87-76-75-82(3,4)5)79(83)73-71-69-67-65-63-61-59-57-55-53-51-49-33-31-29-27-25-23-21-19-17-15-13-11-9-7-2/h24,26,71,73,78-79,83H,6-23,25,27-70,72,74-77H2,1-5H3,(H-,81,84,85,86)/p+1/b26-24-,73-71+. The number of hydrogen-bond acceptors (Lipinski definition) is 5. The third-order valence-electron chi connectivity index (χ3n) is 18.9. The maximum Gasteiger partial charge on any atom is 0.472 e. The summed E-state index contributed by atoms with van der Waals surface area (Å²) in [5.74, 6) is -0.166. The van der Waals surface area contributed by atoms with Gasteiger partial charge in [-0.2, -0.15) is 0 Å². The second-order valence-corrected chi connectivity index (χ2v) is 30.6. The van der Waals surface area contributed by atoms with Gasteiger partial charge >= 0.3 is 7.82 Å². The highest BCUT2D eigenvalue weighted by Crippen LogP contribution is 2.43. The van der Waals surface area contributed by atoms with Crippen LogP contribution in [0.5, 0.6) is 0 Å². The summed E-state index contributed by atoms with van der Waals surface area (Å²) in [6.07, 6.45) is 95.3. The van der Waals surface area contributed by atoms with Crippen molar-refractivity contribution in [3.63, 3.8) is 0 Å². The molecule has 0 aromatic rings. The number of phosphoric acid groups is 1. The quantitative estimate of drug-likeness (QED) is 0.0243. The fourth-order valence-electron chi connectivity index (χ4n) is 12.7. The minimum Gasteiger partial charge on any atom is -0.387 e. The number of phosphoric ester groups is 1. The summed E-state index contributed by atoms with van der Waals surface area (Å²) in [6, 6.07) is -0.845. The molecule has 3 N–H and O–H groups in total. The number of unbranched alkanes of at least 4 members (excludes halogenated alkanes) is 61. The van der Waals surface area contributed by atoms with E-state index in [1.807, 2.05) is 27.2 Å². The number of carbonyl (C=O) groups is 1. The number of aliphatic hydroxyl groups excluding tert-OH is 1. The van der Waals surface area contributed by atoms with Crippen molar-refractivity contribution in [2.75, 3.05) is 40.9 Å². The molecule has 0 saturated heterocycles. The molecule has 8 nitrogen and oxygen atoms in total. The van der Waals surface area contributed by atoms with E-state index in [0.717, 1.165) is 32.1 Å². The second kappa shape index (κ2) is 71.3. The van der Waals surface area contributed by atoms with Crippen molar-refractivity contribution >= 4 is 13.7 Å². The van der Waals surface area contributed by atoms with Gasteiger partial charge in [0.05, 0.1) is 39.9 Å². The third-order valence-corrected chi connectivity index (χ3v) is 19.9. The summed E-state index contributed by atoms with van der Waals surface area (Å²) in [5, 5.41) is 14.1. The molecule has 0 aliphatic carbocycles. The minimum absolute atomic E-state index is 0.0650. The van der Waals surface area contributed by atoms with E-state index >= 15 is 0 Å². The number of likely N-dealkylation sites (N-methyl/N-ethyl adjacent to an activating group) is 1. The first-order valence-corrected chi connectivity index (χ1v) is 41.7. The Hall–Kier alpha value is -1.02. The van der Waals surface area contributed by atoms with Gasteiger partial charge in [0.15, 0.2) is 0 Å². The molecule has 0 rings (SSSR count). The first kappa shape index (κ1) is 88.0. The van der Waals surface area contributed by atoms with Crippen LogP contribution < -0.4 is 5.32 Å². The van der Waals surface area contributed by atoms with Gasteiger partial charge in [-0.15, -0.1) is 0 Å². The van der Waals surface area contributed by atoms with E-state index in [9.17, 15) is 19.4 Å². The molecule has 0 aliphatic rings. The molecule has 0 radical (unpaired) electrons. The van der Waals surface area contributed by atoms with Crippen LogP contribution >= 0.6 is 7.82 Å². The molecule has 0 spiro atoms. The number of amides is 1. The van der Waals surface area contributed by atoms with Crippen molar-refractivity contribution in [1.29, 1.82) is 0 Å². The van der Waals surface area contributed by atoms with Gasteiger partial charge in [0.25, 0.3) is 0 Å². The van der Waals surface area contributed by atoms with Gasteiger partial charge in [-0.1, -0.05) is 404 Å². The SMILES string of the molecule is CCCCCCCCCC/C=C\CCCCCCCCCCCCCCCCCCCCCCCCCCCCCCCC(=O)NC(COP(=O)(O)OCC[N+](C)(C)C)C(O)/C=C/CCCCCCCCCCCCCCCCCCCCCCCCCC. The van der Waals surface area contributed by atoms with Crippen LogP contribution in [0.15, 0.2) is 24.3 Å². The monoisotopic (exact) mass is 1280 g/mol. The van der Waals surface area contributed by atoms with Crippen molar-refractivity contribution in [1.82, 2.24) is 5.32 Å². The van der Waals surface area contributed by atoms with Gasteiger partial charge in [-0.05, 0) is 44.9 Å². The summed E-state index contributed by atoms with van der Waals surface area (Å²) in [6.45, 7) is 4.89. The second-order valence-electron chi connectivity index (χ2n) is 29.2. The van der Waals surface area contributed by atoms with Crippen LogP contribution in [0, 0.1) is 0 Å². The van der Waals surface area contributed by atoms with Crippen molar-refractivity contribution in [3.05, 3.63) is 24.3 Å². The Morgan fingerprint density at radius 1 is 0.371 bits per heavy atom.